The molecular weight excluding hydrogens is 338 g/mol. The Hall–Kier alpha value is -1.81. The van der Waals surface area contributed by atoms with Crippen molar-refractivity contribution in [2.75, 3.05) is 6.54 Å². The van der Waals surface area contributed by atoms with Crippen LogP contribution in [0.1, 0.15) is 26.4 Å². The Bertz CT molecular complexity index is 831. The molecule has 0 aromatic carbocycles. The number of aromatic nitrogens is 1. The molecule has 0 spiro atoms. The molecule has 3 N–H and O–H groups in total. The normalized spacial score (nSPS) is 14.4. The molecule has 0 saturated heterocycles. The van der Waals surface area contributed by atoms with Crippen LogP contribution < -0.4 is 10.0 Å². The van der Waals surface area contributed by atoms with Gasteiger partial charge in [0.1, 0.15) is 4.21 Å². The molecule has 1 aliphatic heterocycles. The molecule has 9 heteroatoms. The first kappa shape index (κ1) is 16.1. The third kappa shape index (κ3) is 3.27. The van der Waals surface area contributed by atoms with E-state index < -0.39 is 16.0 Å². The molecule has 0 bridgehead atoms. The number of rotatable bonds is 5. The van der Waals surface area contributed by atoms with Gasteiger partial charge in [0.25, 0.3) is 10.0 Å². The summed E-state index contributed by atoms with van der Waals surface area (Å²) in [5, 5.41) is 12.6. The Morgan fingerprint density at radius 1 is 1.39 bits per heavy atom. The Balaban J connectivity index is 1.93. The number of sulfonamides is 1. The second-order valence-corrected chi connectivity index (χ2v) is 8.15. The SMILES string of the molecule is O=C(O)c1c(S(=O)(=O)NCc2ccncc2)sc2c1CCNC2. The Morgan fingerprint density at radius 3 is 2.83 bits per heavy atom. The van der Waals surface area contributed by atoms with E-state index in [0.29, 0.717) is 25.1 Å². The Morgan fingerprint density at radius 2 is 2.13 bits per heavy atom. The second kappa shape index (κ2) is 6.36. The molecule has 0 amide bonds. The van der Waals surface area contributed by atoms with E-state index in [4.69, 9.17) is 0 Å². The van der Waals surface area contributed by atoms with Gasteiger partial charge in [-0.3, -0.25) is 4.98 Å². The molecule has 1 aliphatic rings. The van der Waals surface area contributed by atoms with E-state index in [1.54, 1.807) is 24.5 Å². The zero-order chi connectivity index (χ0) is 16.4. The van der Waals surface area contributed by atoms with Crippen LogP contribution in [0.15, 0.2) is 28.7 Å². The molecular formula is C14H15N3O4S2. The number of thiophene rings is 1. The van der Waals surface area contributed by atoms with Crippen LogP contribution in [0.3, 0.4) is 0 Å². The minimum Gasteiger partial charge on any atom is -0.478 e. The summed E-state index contributed by atoms with van der Waals surface area (Å²) in [5.41, 5.74) is 1.29. The van der Waals surface area contributed by atoms with E-state index in [1.165, 1.54) is 0 Å². The van der Waals surface area contributed by atoms with Crippen LogP contribution in [-0.4, -0.2) is 31.0 Å². The van der Waals surface area contributed by atoms with E-state index in [2.05, 4.69) is 15.0 Å². The highest BCUT2D eigenvalue weighted by molar-refractivity contribution is 7.91. The van der Waals surface area contributed by atoms with E-state index >= 15 is 0 Å². The predicted molar refractivity (Wildman–Crippen MR) is 85.0 cm³/mol. The average molecular weight is 353 g/mol. The fraction of sp³-hybridized carbons (Fsp3) is 0.286. The first-order valence-corrected chi connectivity index (χ1v) is 9.26. The first-order chi connectivity index (χ1) is 11.0. The van der Waals surface area contributed by atoms with Crippen LogP contribution in [0.2, 0.25) is 0 Å². The lowest BCUT2D eigenvalue weighted by Crippen LogP contribution is -2.25. The highest BCUT2D eigenvalue weighted by Crippen LogP contribution is 2.34. The van der Waals surface area contributed by atoms with E-state index in [9.17, 15) is 18.3 Å². The molecule has 0 radical (unpaired) electrons. The molecule has 7 nitrogen and oxygen atoms in total. The fourth-order valence-corrected chi connectivity index (χ4v) is 5.38. The third-order valence-corrected chi connectivity index (χ3v) is 6.72. The summed E-state index contributed by atoms with van der Waals surface area (Å²) in [5.74, 6) is -1.20. The third-order valence-electron chi connectivity index (χ3n) is 3.57. The zero-order valence-electron chi connectivity index (χ0n) is 12.1. The van der Waals surface area contributed by atoms with Crippen molar-refractivity contribution in [2.24, 2.45) is 0 Å². The molecule has 0 unspecified atom stereocenters. The molecule has 3 rings (SSSR count). The number of aromatic carboxylic acids is 1. The quantitative estimate of drug-likeness (QED) is 0.739. The lowest BCUT2D eigenvalue weighted by Gasteiger charge is -2.12. The molecule has 122 valence electrons. The zero-order valence-corrected chi connectivity index (χ0v) is 13.7. The summed E-state index contributed by atoms with van der Waals surface area (Å²) in [4.78, 5) is 16.2. The van der Waals surface area contributed by atoms with Gasteiger partial charge in [0.2, 0.25) is 0 Å². The lowest BCUT2D eigenvalue weighted by atomic mass is 10.1. The highest BCUT2D eigenvalue weighted by atomic mass is 32.2. The van der Waals surface area contributed by atoms with Crippen LogP contribution in [0.4, 0.5) is 0 Å². The minimum atomic E-state index is -3.89. The van der Waals surface area contributed by atoms with Crippen molar-refractivity contribution in [3.63, 3.8) is 0 Å². The van der Waals surface area contributed by atoms with Gasteiger partial charge in [-0.05, 0) is 36.2 Å². The number of hydrogen-bond acceptors (Lipinski definition) is 6. The van der Waals surface area contributed by atoms with Gasteiger partial charge >= 0.3 is 5.97 Å². The van der Waals surface area contributed by atoms with Crippen LogP contribution in [0, 0.1) is 0 Å². The number of fused-ring (bicyclic) bond motifs is 1. The number of nitrogens with zero attached hydrogens (tertiary/aromatic N) is 1. The molecule has 23 heavy (non-hydrogen) atoms. The van der Waals surface area contributed by atoms with Gasteiger partial charge < -0.3 is 10.4 Å². The van der Waals surface area contributed by atoms with Crippen molar-refractivity contribution in [1.82, 2.24) is 15.0 Å². The van der Waals surface area contributed by atoms with Crippen LogP contribution in [0.5, 0.6) is 0 Å². The van der Waals surface area contributed by atoms with Gasteiger partial charge in [-0.25, -0.2) is 17.9 Å². The molecule has 0 atom stereocenters. The van der Waals surface area contributed by atoms with Gasteiger partial charge in [-0.2, -0.15) is 0 Å². The van der Waals surface area contributed by atoms with Crippen molar-refractivity contribution in [3.8, 4) is 0 Å². The number of nitrogens with one attached hydrogen (secondary N) is 2. The molecule has 0 fully saturated rings. The molecule has 0 aliphatic carbocycles. The Labute approximate surface area is 137 Å². The fourth-order valence-electron chi connectivity index (χ4n) is 2.46. The lowest BCUT2D eigenvalue weighted by molar-refractivity contribution is 0.0692. The summed E-state index contributed by atoms with van der Waals surface area (Å²) < 4.78 is 27.4. The minimum absolute atomic E-state index is 0.0880. The summed E-state index contributed by atoms with van der Waals surface area (Å²) in [6, 6.07) is 3.40. The maximum Gasteiger partial charge on any atom is 0.338 e. The van der Waals surface area contributed by atoms with Gasteiger partial charge in [0, 0.05) is 30.4 Å². The topological polar surface area (TPSA) is 108 Å². The van der Waals surface area contributed by atoms with Crippen LogP contribution in [0.25, 0.3) is 0 Å². The van der Waals surface area contributed by atoms with Gasteiger partial charge in [0.15, 0.2) is 0 Å². The first-order valence-electron chi connectivity index (χ1n) is 6.96. The summed E-state index contributed by atoms with van der Waals surface area (Å²) in [6.07, 6.45) is 3.66. The van der Waals surface area contributed by atoms with Crippen molar-refractivity contribution >= 4 is 27.3 Å². The number of pyridine rings is 1. The van der Waals surface area contributed by atoms with Crippen molar-refractivity contribution < 1.29 is 18.3 Å². The number of carboxylic acids is 1. The Kier molecular flexibility index (Phi) is 4.44. The van der Waals surface area contributed by atoms with Crippen LogP contribution >= 0.6 is 11.3 Å². The summed E-state index contributed by atoms with van der Waals surface area (Å²) in [7, 11) is -3.89. The van der Waals surface area contributed by atoms with Gasteiger partial charge in [-0.15, -0.1) is 11.3 Å². The molecule has 3 heterocycles. The smallest absolute Gasteiger partial charge is 0.338 e. The molecule has 2 aromatic rings. The van der Waals surface area contributed by atoms with Gasteiger partial charge in [0.05, 0.1) is 5.56 Å². The highest BCUT2D eigenvalue weighted by Gasteiger charge is 2.31. The number of hydrogen-bond donors (Lipinski definition) is 3. The number of carbonyl (C=O) groups is 1. The van der Waals surface area contributed by atoms with Crippen LogP contribution in [-0.2, 0) is 29.5 Å². The van der Waals surface area contributed by atoms with Crippen molar-refractivity contribution in [1.29, 1.82) is 0 Å². The summed E-state index contributed by atoms with van der Waals surface area (Å²) >= 11 is 1.03. The standard InChI is InChI=1S/C14H15N3O4S2/c18-13(19)12-10-3-6-16-8-11(10)22-14(12)23(20,21)17-7-9-1-4-15-5-2-9/h1-2,4-5,16-17H,3,6-8H2,(H,18,19). The monoisotopic (exact) mass is 353 g/mol. The average Bonchev–Trinajstić information content (AvgIpc) is 2.95. The van der Waals surface area contributed by atoms with Gasteiger partial charge in [-0.1, -0.05) is 0 Å². The van der Waals surface area contributed by atoms with Crippen molar-refractivity contribution in [2.45, 2.75) is 23.7 Å². The van der Waals surface area contributed by atoms with Crippen molar-refractivity contribution in [3.05, 3.63) is 46.1 Å². The predicted octanol–water partition coefficient (Wildman–Crippen LogP) is 0.965. The molecule has 0 saturated carbocycles. The largest absolute Gasteiger partial charge is 0.478 e. The number of carboxylic acid groups (broad SMARTS) is 1. The second-order valence-electron chi connectivity index (χ2n) is 5.08. The maximum absolute atomic E-state index is 12.5. The van der Waals surface area contributed by atoms with E-state index in [-0.39, 0.29) is 16.3 Å². The van der Waals surface area contributed by atoms with E-state index in [1.807, 2.05) is 0 Å². The van der Waals surface area contributed by atoms with E-state index in [0.717, 1.165) is 21.8 Å². The molecule has 2 aromatic heterocycles. The maximum atomic E-state index is 12.5. The summed E-state index contributed by atoms with van der Waals surface area (Å²) in [6.45, 7) is 1.23.